The Labute approximate surface area is 95.7 Å². The van der Waals surface area contributed by atoms with Gasteiger partial charge in [-0.1, -0.05) is 26.7 Å². The Bertz CT molecular complexity index is 202. The van der Waals surface area contributed by atoms with E-state index in [4.69, 9.17) is 9.84 Å². The smallest absolute Gasteiger partial charge is 0.111 e. The molecule has 0 aromatic carbocycles. The third-order valence-corrected chi connectivity index (χ3v) is 3.44. The summed E-state index contributed by atoms with van der Waals surface area (Å²) in [6.45, 7) is 3.60. The molecule has 96 valence electrons. The van der Waals surface area contributed by atoms with Gasteiger partial charge in [0.25, 0.3) is 0 Å². The standard InChI is InChI=1S/C11H22O5/c1-3-6(4-2)11-10(15)9(14)8(13)7(5-12)16-11/h6-15H,3-5H2,1-2H3/t7-,8-,9+,10-,11?/m1/s1. The van der Waals surface area contributed by atoms with Crippen LogP contribution in [0, 0.1) is 5.92 Å². The van der Waals surface area contributed by atoms with E-state index in [2.05, 4.69) is 0 Å². The van der Waals surface area contributed by atoms with Crippen molar-refractivity contribution in [1.82, 2.24) is 0 Å². The van der Waals surface area contributed by atoms with Crippen LogP contribution in [-0.2, 0) is 4.74 Å². The van der Waals surface area contributed by atoms with Gasteiger partial charge in [0.2, 0.25) is 0 Å². The van der Waals surface area contributed by atoms with Gasteiger partial charge in [-0.3, -0.25) is 0 Å². The van der Waals surface area contributed by atoms with E-state index in [1.807, 2.05) is 13.8 Å². The molecule has 0 aliphatic carbocycles. The van der Waals surface area contributed by atoms with Crippen molar-refractivity contribution in [3.05, 3.63) is 0 Å². The molecule has 0 saturated carbocycles. The van der Waals surface area contributed by atoms with Crippen molar-refractivity contribution < 1.29 is 25.2 Å². The quantitative estimate of drug-likeness (QED) is 0.514. The molecule has 0 aromatic rings. The average Bonchev–Trinajstić information content (AvgIpc) is 2.30. The van der Waals surface area contributed by atoms with Crippen LogP contribution in [0.2, 0.25) is 0 Å². The Morgan fingerprint density at radius 3 is 2.00 bits per heavy atom. The van der Waals surface area contributed by atoms with Gasteiger partial charge in [0.1, 0.15) is 24.4 Å². The molecule has 0 radical (unpaired) electrons. The minimum absolute atomic E-state index is 0.117. The fraction of sp³-hybridized carbons (Fsp3) is 1.00. The van der Waals surface area contributed by atoms with Crippen molar-refractivity contribution in [2.75, 3.05) is 6.61 Å². The van der Waals surface area contributed by atoms with Crippen molar-refractivity contribution in [3.63, 3.8) is 0 Å². The fourth-order valence-corrected chi connectivity index (χ4v) is 2.27. The predicted octanol–water partition coefficient (Wildman–Crippen LogP) is -0.735. The number of ether oxygens (including phenoxy) is 1. The fourth-order valence-electron chi connectivity index (χ4n) is 2.27. The van der Waals surface area contributed by atoms with Crippen LogP contribution in [-0.4, -0.2) is 57.6 Å². The van der Waals surface area contributed by atoms with Gasteiger partial charge in [0.15, 0.2) is 0 Å². The summed E-state index contributed by atoms with van der Waals surface area (Å²) < 4.78 is 5.46. The van der Waals surface area contributed by atoms with Crippen molar-refractivity contribution in [2.24, 2.45) is 5.92 Å². The summed E-state index contributed by atoms with van der Waals surface area (Å²) in [6.07, 6.45) is -3.28. The minimum atomic E-state index is -1.25. The molecule has 1 saturated heterocycles. The van der Waals surface area contributed by atoms with E-state index in [0.29, 0.717) is 0 Å². The van der Waals surface area contributed by atoms with E-state index in [1.165, 1.54) is 0 Å². The van der Waals surface area contributed by atoms with Gasteiger partial charge < -0.3 is 25.2 Å². The first-order valence-electron chi connectivity index (χ1n) is 5.87. The Kier molecular flexibility index (Phi) is 5.14. The number of aliphatic hydroxyl groups is 4. The molecular formula is C11H22O5. The van der Waals surface area contributed by atoms with Crippen LogP contribution in [0.3, 0.4) is 0 Å². The monoisotopic (exact) mass is 234 g/mol. The molecule has 1 unspecified atom stereocenters. The number of hydrogen-bond donors (Lipinski definition) is 4. The van der Waals surface area contributed by atoms with Crippen LogP contribution in [0.25, 0.3) is 0 Å². The molecule has 0 aromatic heterocycles. The van der Waals surface area contributed by atoms with Crippen LogP contribution >= 0.6 is 0 Å². The number of hydrogen-bond acceptors (Lipinski definition) is 5. The molecule has 1 aliphatic rings. The third kappa shape index (κ3) is 2.55. The predicted molar refractivity (Wildman–Crippen MR) is 57.8 cm³/mol. The molecule has 1 fully saturated rings. The molecule has 4 N–H and O–H groups in total. The summed E-state index contributed by atoms with van der Waals surface area (Å²) in [5, 5.41) is 38.1. The van der Waals surface area contributed by atoms with Crippen LogP contribution in [0.5, 0.6) is 0 Å². The lowest BCUT2D eigenvalue weighted by Gasteiger charge is -2.43. The Hall–Kier alpha value is -0.200. The lowest BCUT2D eigenvalue weighted by atomic mass is 9.85. The Morgan fingerprint density at radius 1 is 1.00 bits per heavy atom. The number of rotatable bonds is 4. The zero-order valence-corrected chi connectivity index (χ0v) is 9.78. The van der Waals surface area contributed by atoms with Crippen LogP contribution in [0.1, 0.15) is 26.7 Å². The van der Waals surface area contributed by atoms with Gasteiger partial charge in [-0.2, -0.15) is 0 Å². The lowest BCUT2D eigenvalue weighted by Crippen LogP contribution is -2.60. The van der Waals surface area contributed by atoms with Gasteiger partial charge in [0, 0.05) is 0 Å². The van der Waals surface area contributed by atoms with E-state index in [0.717, 1.165) is 12.8 Å². The molecule has 5 nitrogen and oxygen atoms in total. The Balaban J connectivity index is 2.77. The van der Waals surface area contributed by atoms with E-state index in [-0.39, 0.29) is 12.5 Å². The molecule has 16 heavy (non-hydrogen) atoms. The molecule has 0 spiro atoms. The van der Waals surface area contributed by atoms with Gasteiger partial charge in [-0.25, -0.2) is 0 Å². The number of aliphatic hydroxyl groups excluding tert-OH is 4. The van der Waals surface area contributed by atoms with Crippen molar-refractivity contribution >= 4 is 0 Å². The van der Waals surface area contributed by atoms with Gasteiger partial charge in [-0.05, 0) is 5.92 Å². The molecular weight excluding hydrogens is 212 g/mol. The summed E-state index contributed by atoms with van der Waals surface area (Å²) in [5.74, 6) is 0.117. The Morgan fingerprint density at radius 2 is 1.56 bits per heavy atom. The maximum atomic E-state index is 9.84. The highest BCUT2D eigenvalue weighted by molar-refractivity contribution is 4.93. The second kappa shape index (κ2) is 5.93. The normalized spacial score (nSPS) is 40.3. The summed E-state index contributed by atoms with van der Waals surface area (Å²) >= 11 is 0. The van der Waals surface area contributed by atoms with E-state index >= 15 is 0 Å². The molecule has 0 amide bonds. The molecule has 1 aliphatic heterocycles. The van der Waals surface area contributed by atoms with Crippen molar-refractivity contribution in [1.29, 1.82) is 0 Å². The zero-order chi connectivity index (χ0) is 12.3. The first-order chi connectivity index (χ1) is 7.56. The molecule has 0 bridgehead atoms. The molecule has 5 atom stereocenters. The maximum absolute atomic E-state index is 9.84. The van der Waals surface area contributed by atoms with E-state index in [9.17, 15) is 15.3 Å². The van der Waals surface area contributed by atoms with E-state index in [1.54, 1.807) is 0 Å². The third-order valence-electron chi connectivity index (χ3n) is 3.44. The zero-order valence-electron chi connectivity index (χ0n) is 9.78. The second-order valence-corrected chi connectivity index (χ2v) is 4.37. The SMILES string of the molecule is CCC(CC)C1O[C@H](CO)[C@@H](O)[C@H](O)[C@H]1O. The van der Waals surface area contributed by atoms with Crippen molar-refractivity contribution in [3.8, 4) is 0 Å². The minimum Gasteiger partial charge on any atom is -0.394 e. The van der Waals surface area contributed by atoms with Gasteiger partial charge in [0.05, 0.1) is 12.7 Å². The summed E-state index contributed by atoms with van der Waals surface area (Å²) in [7, 11) is 0. The highest BCUT2D eigenvalue weighted by Crippen LogP contribution is 2.28. The molecule has 5 heteroatoms. The van der Waals surface area contributed by atoms with Crippen LogP contribution in [0.4, 0.5) is 0 Å². The molecule has 1 rings (SSSR count). The first kappa shape index (κ1) is 13.9. The van der Waals surface area contributed by atoms with Crippen LogP contribution in [0.15, 0.2) is 0 Å². The largest absolute Gasteiger partial charge is 0.394 e. The summed E-state index contributed by atoms with van der Waals surface area (Å²) in [5.41, 5.74) is 0. The average molecular weight is 234 g/mol. The van der Waals surface area contributed by atoms with E-state index < -0.39 is 30.5 Å². The summed E-state index contributed by atoms with van der Waals surface area (Å²) in [6, 6.07) is 0. The first-order valence-corrected chi connectivity index (χ1v) is 5.87. The highest BCUT2D eigenvalue weighted by atomic mass is 16.5. The topological polar surface area (TPSA) is 90.2 Å². The van der Waals surface area contributed by atoms with Gasteiger partial charge >= 0.3 is 0 Å². The van der Waals surface area contributed by atoms with Gasteiger partial charge in [-0.15, -0.1) is 0 Å². The van der Waals surface area contributed by atoms with Crippen molar-refractivity contribution in [2.45, 2.75) is 57.2 Å². The summed E-state index contributed by atoms with van der Waals surface area (Å²) in [4.78, 5) is 0. The molecule has 1 heterocycles. The van der Waals surface area contributed by atoms with Crippen LogP contribution < -0.4 is 0 Å². The lowest BCUT2D eigenvalue weighted by molar-refractivity contribution is -0.241. The highest BCUT2D eigenvalue weighted by Gasteiger charge is 2.45. The maximum Gasteiger partial charge on any atom is 0.111 e. The second-order valence-electron chi connectivity index (χ2n) is 4.37.